The standard InChI is InChI=1S/C17H22N2O5/c1-12-7-8-13(17(22)23)10-19(12)16(21)9-18-15(20)11-24-14-5-3-2-4-6-14/h2-6,12-13H,7-11H2,1H3,(H,18,20)(H,22,23). The number of para-hydroxylation sites is 1. The Morgan fingerprint density at radius 2 is 1.96 bits per heavy atom. The number of piperidine rings is 1. The van der Waals surface area contributed by atoms with Crippen LogP contribution >= 0.6 is 0 Å². The number of carbonyl (C=O) groups excluding carboxylic acids is 2. The average molecular weight is 334 g/mol. The van der Waals surface area contributed by atoms with Gasteiger partial charge < -0.3 is 20.1 Å². The maximum atomic E-state index is 12.2. The summed E-state index contributed by atoms with van der Waals surface area (Å²) in [6, 6.07) is 8.89. The number of ether oxygens (including phenoxy) is 1. The molecule has 1 aromatic carbocycles. The Balaban J connectivity index is 1.77. The quantitative estimate of drug-likeness (QED) is 0.805. The molecule has 0 bridgehead atoms. The van der Waals surface area contributed by atoms with Crippen molar-refractivity contribution in [2.75, 3.05) is 19.7 Å². The van der Waals surface area contributed by atoms with Crippen LogP contribution in [0.15, 0.2) is 30.3 Å². The van der Waals surface area contributed by atoms with Crippen molar-refractivity contribution >= 4 is 17.8 Å². The van der Waals surface area contributed by atoms with Crippen molar-refractivity contribution in [3.05, 3.63) is 30.3 Å². The molecule has 0 saturated carbocycles. The van der Waals surface area contributed by atoms with Gasteiger partial charge in [0.2, 0.25) is 5.91 Å². The molecule has 2 rings (SSSR count). The van der Waals surface area contributed by atoms with Gasteiger partial charge in [-0.25, -0.2) is 0 Å². The van der Waals surface area contributed by atoms with E-state index < -0.39 is 17.8 Å². The Bertz CT molecular complexity index is 590. The van der Waals surface area contributed by atoms with Crippen LogP contribution in [0.1, 0.15) is 19.8 Å². The summed E-state index contributed by atoms with van der Waals surface area (Å²) in [6.07, 6.45) is 1.21. The van der Waals surface area contributed by atoms with Crippen LogP contribution in [0.3, 0.4) is 0 Å². The molecule has 1 fully saturated rings. The second-order valence-corrected chi connectivity index (χ2v) is 5.89. The molecule has 24 heavy (non-hydrogen) atoms. The van der Waals surface area contributed by atoms with E-state index in [0.29, 0.717) is 18.6 Å². The number of carboxylic acid groups (broad SMARTS) is 1. The number of amides is 2. The third kappa shape index (κ3) is 4.97. The third-order valence-electron chi connectivity index (χ3n) is 4.10. The van der Waals surface area contributed by atoms with Gasteiger partial charge >= 0.3 is 5.97 Å². The van der Waals surface area contributed by atoms with Crippen LogP contribution in [0.25, 0.3) is 0 Å². The van der Waals surface area contributed by atoms with Crippen molar-refractivity contribution in [3.8, 4) is 5.75 Å². The van der Waals surface area contributed by atoms with E-state index in [-0.39, 0.29) is 31.6 Å². The number of aliphatic carboxylic acids is 1. The highest BCUT2D eigenvalue weighted by Crippen LogP contribution is 2.22. The summed E-state index contributed by atoms with van der Waals surface area (Å²) >= 11 is 0. The summed E-state index contributed by atoms with van der Waals surface area (Å²) in [4.78, 5) is 36.6. The molecule has 1 aliphatic rings. The van der Waals surface area contributed by atoms with Crippen molar-refractivity contribution in [1.29, 1.82) is 0 Å². The highest BCUT2D eigenvalue weighted by atomic mass is 16.5. The van der Waals surface area contributed by atoms with Crippen LogP contribution in [0.2, 0.25) is 0 Å². The monoisotopic (exact) mass is 334 g/mol. The largest absolute Gasteiger partial charge is 0.484 e. The van der Waals surface area contributed by atoms with Crippen LogP contribution in [0, 0.1) is 5.92 Å². The first kappa shape index (κ1) is 17.8. The molecular weight excluding hydrogens is 312 g/mol. The Labute approximate surface area is 140 Å². The first-order valence-electron chi connectivity index (χ1n) is 7.94. The van der Waals surface area contributed by atoms with Gasteiger partial charge in [0.05, 0.1) is 12.5 Å². The summed E-state index contributed by atoms with van der Waals surface area (Å²) < 4.78 is 5.30. The first-order chi connectivity index (χ1) is 11.5. The lowest BCUT2D eigenvalue weighted by atomic mass is 9.93. The molecule has 1 aromatic rings. The SMILES string of the molecule is CC1CCC(C(=O)O)CN1C(=O)CNC(=O)COc1ccccc1. The van der Waals surface area contributed by atoms with E-state index >= 15 is 0 Å². The van der Waals surface area contributed by atoms with Gasteiger partial charge in [0.1, 0.15) is 5.75 Å². The van der Waals surface area contributed by atoms with Gasteiger partial charge in [-0.1, -0.05) is 18.2 Å². The molecular formula is C17H22N2O5. The molecule has 0 spiro atoms. The van der Waals surface area contributed by atoms with Gasteiger partial charge in [-0.05, 0) is 31.9 Å². The van der Waals surface area contributed by atoms with Crippen LogP contribution in [-0.2, 0) is 14.4 Å². The van der Waals surface area contributed by atoms with Crippen LogP contribution in [0.5, 0.6) is 5.75 Å². The number of hydrogen-bond donors (Lipinski definition) is 2. The molecule has 130 valence electrons. The molecule has 2 atom stereocenters. The predicted octanol–water partition coefficient (Wildman–Crippen LogP) is 0.893. The van der Waals surface area contributed by atoms with Gasteiger partial charge in [0.25, 0.3) is 5.91 Å². The van der Waals surface area contributed by atoms with E-state index in [0.717, 1.165) is 0 Å². The van der Waals surface area contributed by atoms with Crippen LogP contribution in [-0.4, -0.2) is 53.5 Å². The minimum Gasteiger partial charge on any atom is -0.484 e. The van der Waals surface area contributed by atoms with Crippen molar-refractivity contribution in [3.63, 3.8) is 0 Å². The molecule has 1 aliphatic heterocycles. The van der Waals surface area contributed by atoms with Crippen molar-refractivity contribution in [2.24, 2.45) is 5.92 Å². The number of hydrogen-bond acceptors (Lipinski definition) is 4. The van der Waals surface area contributed by atoms with Crippen LogP contribution in [0.4, 0.5) is 0 Å². The average Bonchev–Trinajstić information content (AvgIpc) is 2.59. The maximum absolute atomic E-state index is 12.2. The zero-order chi connectivity index (χ0) is 17.5. The first-order valence-corrected chi connectivity index (χ1v) is 7.94. The summed E-state index contributed by atoms with van der Waals surface area (Å²) in [5.41, 5.74) is 0. The van der Waals surface area contributed by atoms with Gasteiger partial charge in [-0.2, -0.15) is 0 Å². The van der Waals surface area contributed by atoms with E-state index in [1.807, 2.05) is 13.0 Å². The number of likely N-dealkylation sites (tertiary alicyclic amines) is 1. The number of carboxylic acids is 1. The van der Waals surface area contributed by atoms with E-state index in [1.54, 1.807) is 24.3 Å². The van der Waals surface area contributed by atoms with E-state index in [1.165, 1.54) is 4.90 Å². The topological polar surface area (TPSA) is 95.9 Å². The number of carbonyl (C=O) groups is 3. The van der Waals surface area contributed by atoms with Crippen molar-refractivity contribution in [1.82, 2.24) is 10.2 Å². The summed E-state index contributed by atoms with van der Waals surface area (Å²) in [5.74, 6) is -1.52. The fourth-order valence-corrected chi connectivity index (χ4v) is 2.65. The zero-order valence-corrected chi connectivity index (χ0v) is 13.6. The summed E-state index contributed by atoms with van der Waals surface area (Å²) in [6.45, 7) is 1.74. The molecule has 0 radical (unpaired) electrons. The fourth-order valence-electron chi connectivity index (χ4n) is 2.65. The Morgan fingerprint density at radius 3 is 2.62 bits per heavy atom. The number of nitrogens with one attached hydrogen (secondary N) is 1. The minimum atomic E-state index is -0.889. The summed E-state index contributed by atoms with van der Waals surface area (Å²) in [5, 5.41) is 11.6. The zero-order valence-electron chi connectivity index (χ0n) is 13.6. The Morgan fingerprint density at radius 1 is 1.25 bits per heavy atom. The highest BCUT2D eigenvalue weighted by Gasteiger charge is 2.32. The second kappa shape index (κ2) is 8.33. The maximum Gasteiger partial charge on any atom is 0.308 e. The fraction of sp³-hybridized carbons (Fsp3) is 0.471. The number of benzene rings is 1. The smallest absolute Gasteiger partial charge is 0.308 e. The van der Waals surface area contributed by atoms with E-state index in [4.69, 9.17) is 9.84 Å². The van der Waals surface area contributed by atoms with Gasteiger partial charge in [-0.15, -0.1) is 0 Å². The molecule has 7 heteroatoms. The molecule has 2 amide bonds. The molecule has 2 unspecified atom stereocenters. The molecule has 2 N–H and O–H groups in total. The van der Waals surface area contributed by atoms with E-state index in [9.17, 15) is 14.4 Å². The van der Waals surface area contributed by atoms with Crippen LogP contribution < -0.4 is 10.1 Å². The highest BCUT2D eigenvalue weighted by molar-refractivity contribution is 5.86. The number of rotatable bonds is 6. The molecule has 7 nitrogen and oxygen atoms in total. The van der Waals surface area contributed by atoms with E-state index in [2.05, 4.69) is 5.32 Å². The van der Waals surface area contributed by atoms with Crippen molar-refractivity contribution in [2.45, 2.75) is 25.8 Å². The second-order valence-electron chi connectivity index (χ2n) is 5.89. The lowest BCUT2D eigenvalue weighted by Gasteiger charge is -2.36. The van der Waals surface area contributed by atoms with Gasteiger partial charge in [0.15, 0.2) is 6.61 Å². The number of nitrogens with zero attached hydrogens (tertiary/aromatic N) is 1. The van der Waals surface area contributed by atoms with Gasteiger partial charge in [0, 0.05) is 12.6 Å². The lowest BCUT2D eigenvalue weighted by molar-refractivity contribution is -0.147. The Kier molecular flexibility index (Phi) is 6.17. The third-order valence-corrected chi connectivity index (χ3v) is 4.10. The predicted molar refractivity (Wildman–Crippen MR) is 86.5 cm³/mol. The normalized spacial score (nSPS) is 20.3. The minimum absolute atomic E-state index is 0.0226. The van der Waals surface area contributed by atoms with Gasteiger partial charge in [-0.3, -0.25) is 14.4 Å². The summed E-state index contributed by atoms with van der Waals surface area (Å²) in [7, 11) is 0. The molecule has 0 aliphatic carbocycles. The van der Waals surface area contributed by atoms with Crippen molar-refractivity contribution < 1.29 is 24.2 Å². The molecule has 0 aromatic heterocycles. The molecule has 1 saturated heterocycles. The molecule has 1 heterocycles. The Hall–Kier alpha value is -2.57. The lowest BCUT2D eigenvalue weighted by Crippen LogP contribution is -2.50.